The number of hydrogen-bond acceptors (Lipinski definition) is 3. The maximum atomic E-state index is 9.20. The smallest absolute Gasteiger partial charge is 0.238 e. The molecule has 0 spiro atoms. The summed E-state index contributed by atoms with van der Waals surface area (Å²) < 4.78 is 93.9. The fourth-order valence-electron chi connectivity index (χ4n) is 8.42. The monoisotopic (exact) mass is 738 g/mol. The minimum atomic E-state index is -0.558. The average molecular weight is 739 g/mol. The van der Waals surface area contributed by atoms with Gasteiger partial charge in [-0.1, -0.05) is 145 Å². The van der Waals surface area contributed by atoms with Crippen LogP contribution in [-0.2, 0) is 0 Å². The predicted molar refractivity (Wildman–Crippen MR) is 234 cm³/mol. The highest BCUT2D eigenvalue weighted by atomic mass is 15.2. The Kier molecular flexibility index (Phi) is 5.02. The quantitative estimate of drug-likeness (QED) is 0.177. The van der Waals surface area contributed by atoms with Crippen LogP contribution in [0.2, 0.25) is 0 Å². The van der Waals surface area contributed by atoms with E-state index < -0.39 is 48.3 Å². The molecule has 266 valence electrons. The first-order valence-corrected chi connectivity index (χ1v) is 18.4. The molecule has 6 nitrogen and oxygen atoms in total. The molecule has 0 aliphatic carbocycles. The molecule has 0 radical (unpaired) electrons. The summed E-state index contributed by atoms with van der Waals surface area (Å²) in [7, 11) is 0. The molecule has 0 bridgehead atoms. The number of para-hydroxylation sites is 5. The summed E-state index contributed by atoms with van der Waals surface area (Å²) in [5.41, 5.74) is 5.35. The second-order valence-corrected chi connectivity index (χ2v) is 13.7. The van der Waals surface area contributed by atoms with E-state index >= 15 is 0 Å². The summed E-state index contributed by atoms with van der Waals surface area (Å²) >= 11 is 0. The van der Waals surface area contributed by atoms with E-state index in [1.807, 2.05) is 138 Å². The molecular weight excluding hydrogens is 697 g/mol. The molecule has 12 aromatic rings. The summed E-state index contributed by atoms with van der Waals surface area (Å²) in [5, 5.41) is 4.73. The van der Waals surface area contributed by atoms with Crippen molar-refractivity contribution in [3.05, 3.63) is 194 Å². The van der Waals surface area contributed by atoms with E-state index in [1.165, 1.54) is 0 Å². The highest BCUT2D eigenvalue weighted by Crippen LogP contribution is 2.42. The van der Waals surface area contributed by atoms with Gasteiger partial charge < -0.3 is 9.13 Å². The number of nitrogens with zero attached hydrogens (tertiary/aromatic N) is 6. The SMILES string of the molecule is [2H]c1c([2H])c([2H])c(-c2nc(-c3cccc4c3c3ccccc3n4-c3ccccc3)nc(-n3c4ccccc4c4ccc5c6ccccc6n(-c6c([2H])c([2H])c([2H])c([2H])c6[2H])c5c43)n2)c([2H])c1[2H]. The maximum Gasteiger partial charge on any atom is 0.238 e. The summed E-state index contributed by atoms with van der Waals surface area (Å²) in [6, 6.07) is 38.0. The Morgan fingerprint density at radius 2 is 0.912 bits per heavy atom. The Morgan fingerprint density at radius 3 is 1.61 bits per heavy atom. The Labute approximate surface area is 341 Å². The zero-order chi connectivity index (χ0) is 46.2. The van der Waals surface area contributed by atoms with E-state index in [2.05, 4.69) is 4.57 Å². The van der Waals surface area contributed by atoms with Crippen molar-refractivity contribution in [3.63, 3.8) is 0 Å². The first-order chi connectivity index (χ1) is 32.5. The van der Waals surface area contributed by atoms with Crippen LogP contribution in [0.5, 0.6) is 0 Å². The molecule has 0 saturated heterocycles. The van der Waals surface area contributed by atoms with Crippen LogP contribution in [0.4, 0.5) is 0 Å². The van der Waals surface area contributed by atoms with Gasteiger partial charge in [-0.3, -0.25) is 4.57 Å². The van der Waals surface area contributed by atoms with E-state index in [0.717, 1.165) is 49.0 Å². The first-order valence-electron chi connectivity index (χ1n) is 23.4. The molecule has 0 atom stereocenters. The predicted octanol–water partition coefficient (Wildman–Crippen LogP) is 12.5. The number of benzene rings is 8. The molecule has 6 heteroatoms. The second-order valence-electron chi connectivity index (χ2n) is 13.7. The van der Waals surface area contributed by atoms with Gasteiger partial charge in [-0.15, -0.1) is 0 Å². The Morgan fingerprint density at radius 1 is 0.368 bits per heavy atom. The second kappa shape index (κ2) is 12.3. The van der Waals surface area contributed by atoms with Gasteiger partial charge >= 0.3 is 0 Å². The van der Waals surface area contributed by atoms with Crippen LogP contribution < -0.4 is 0 Å². The number of rotatable bonds is 5. The fraction of sp³-hybridized carbons (Fsp3) is 0. The Hall–Kier alpha value is -7.83. The van der Waals surface area contributed by atoms with E-state index in [9.17, 15) is 2.74 Å². The minimum absolute atomic E-state index is 0.0425. The third-order valence-electron chi connectivity index (χ3n) is 10.7. The van der Waals surface area contributed by atoms with Crippen molar-refractivity contribution in [1.29, 1.82) is 0 Å². The minimum Gasteiger partial charge on any atom is -0.309 e. The lowest BCUT2D eigenvalue weighted by molar-refractivity contribution is 0.954. The third kappa shape index (κ3) is 4.68. The van der Waals surface area contributed by atoms with Crippen molar-refractivity contribution in [2.45, 2.75) is 0 Å². The molecular formula is C51H32N6. The molecule has 0 amide bonds. The van der Waals surface area contributed by atoms with Crippen LogP contribution in [0.1, 0.15) is 13.7 Å². The van der Waals surface area contributed by atoms with Crippen LogP contribution >= 0.6 is 0 Å². The van der Waals surface area contributed by atoms with Crippen molar-refractivity contribution in [1.82, 2.24) is 28.7 Å². The summed E-state index contributed by atoms with van der Waals surface area (Å²) in [5.74, 6) is 0.0508. The third-order valence-corrected chi connectivity index (χ3v) is 10.7. The van der Waals surface area contributed by atoms with Crippen molar-refractivity contribution in [3.8, 4) is 40.1 Å². The number of hydrogen-bond donors (Lipinski definition) is 0. The van der Waals surface area contributed by atoms with Crippen LogP contribution in [-0.4, -0.2) is 28.7 Å². The van der Waals surface area contributed by atoms with Gasteiger partial charge in [0, 0.05) is 54.8 Å². The van der Waals surface area contributed by atoms with Gasteiger partial charge in [-0.05, 0) is 48.5 Å². The number of aromatic nitrogens is 6. The van der Waals surface area contributed by atoms with Crippen LogP contribution in [0.3, 0.4) is 0 Å². The molecule has 4 aromatic heterocycles. The highest BCUT2D eigenvalue weighted by Gasteiger charge is 2.24. The molecule has 12 rings (SSSR count). The fourth-order valence-corrected chi connectivity index (χ4v) is 8.42. The molecule has 0 aliphatic heterocycles. The lowest BCUT2D eigenvalue weighted by atomic mass is 10.1. The molecule has 0 aliphatic rings. The van der Waals surface area contributed by atoms with Crippen molar-refractivity contribution in [2.24, 2.45) is 0 Å². The standard InChI is InChI=1S/C51H32N6/c1-4-17-33(18-5-1)49-52-50(41-26-16-30-45-46(41)40-25-12-15-29-44(40)55(45)34-19-6-2-7-20-34)54-51(53-49)57-43-28-14-11-24-37(43)39-32-31-38-36-23-10-13-27-42(36)56(47(38)48(39)57)35-21-8-3-9-22-35/h1-32H/i1D,3D,4D,5D,8D,9D,17D,18D,21D,22D. The zero-order valence-electron chi connectivity index (χ0n) is 39.9. The van der Waals surface area contributed by atoms with E-state index in [-0.39, 0.29) is 40.9 Å². The summed E-state index contributed by atoms with van der Waals surface area (Å²) in [6.07, 6.45) is 0. The number of fused-ring (bicyclic) bond motifs is 10. The highest BCUT2D eigenvalue weighted by molar-refractivity contribution is 6.24. The van der Waals surface area contributed by atoms with Crippen LogP contribution in [0.15, 0.2) is 194 Å². The largest absolute Gasteiger partial charge is 0.309 e. The Balaban J connectivity index is 1.27. The van der Waals surface area contributed by atoms with Gasteiger partial charge in [0.1, 0.15) is 0 Å². The lowest BCUT2D eigenvalue weighted by Gasteiger charge is -2.13. The molecule has 0 fully saturated rings. The van der Waals surface area contributed by atoms with Gasteiger partial charge in [-0.2, -0.15) is 9.97 Å². The average Bonchev–Trinajstić information content (AvgIpc) is 4.00. The molecule has 0 N–H and O–H groups in total. The van der Waals surface area contributed by atoms with Crippen LogP contribution in [0.25, 0.3) is 106 Å². The van der Waals surface area contributed by atoms with Gasteiger partial charge in [0.15, 0.2) is 11.6 Å². The van der Waals surface area contributed by atoms with E-state index in [0.29, 0.717) is 27.6 Å². The van der Waals surface area contributed by atoms with Gasteiger partial charge in [0.05, 0.1) is 46.8 Å². The summed E-state index contributed by atoms with van der Waals surface area (Å²) in [6.45, 7) is 0. The molecule has 0 unspecified atom stereocenters. The summed E-state index contributed by atoms with van der Waals surface area (Å²) in [4.78, 5) is 15.3. The van der Waals surface area contributed by atoms with E-state index in [1.54, 1.807) is 4.57 Å². The molecule has 4 heterocycles. The Bertz CT molecular complexity index is 4060. The first kappa shape index (κ1) is 23.2. The van der Waals surface area contributed by atoms with E-state index in [4.69, 9.17) is 25.9 Å². The van der Waals surface area contributed by atoms with Crippen LogP contribution in [0, 0.1) is 0 Å². The van der Waals surface area contributed by atoms with Crippen molar-refractivity contribution < 1.29 is 13.7 Å². The molecule has 8 aromatic carbocycles. The van der Waals surface area contributed by atoms with Crippen molar-refractivity contribution in [2.75, 3.05) is 0 Å². The molecule has 0 saturated carbocycles. The normalized spacial score (nSPS) is 14.3. The zero-order valence-corrected chi connectivity index (χ0v) is 29.9. The van der Waals surface area contributed by atoms with Gasteiger partial charge in [0.2, 0.25) is 5.95 Å². The maximum absolute atomic E-state index is 9.20. The van der Waals surface area contributed by atoms with Crippen molar-refractivity contribution >= 4 is 65.4 Å². The topological polar surface area (TPSA) is 53.5 Å². The molecule has 57 heavy (non-hydrogen) atoms. The lowest BCUT2D eigenvalue weighted by Crippen LogP contribution is -2.07. The van der Waals surface area contributed by atoms with Gasteiger partial charge in [-0.25, -0.2) is 4.98 Å². The van der Waals surface area contributed by atoms with Gasteiger partial charge in [0.25, 0.3) is 0 Å².